The Balaban J connectivity index is 2.41. The van der Waals surface area contributed by atoms with Crippen molar-refractivity contribution in [3.63, 3.8) is 0 Å². The molecule has 21 heavy (non-hydrogen) atoms. The van der Waals surface area contributed by atoms with Gasteiger partial charge in [0, 0.05) is 5.41 Å². The van der Waals surface area contributed by atoms with Crippen molar-refractivity contribution in [1.82, 2.24) is 0 Å². The van der Waals surface area contributed by atoms with E-state index < -0.39 is 13.4 Å². The molecule has 0 aliphatic heterocycles. The molecule has 2 atom stereocenters. The summed E-state index contributed by atoms with van der Waals surface area (Å²) in [5.74, 6) is 0.231. The second-order valence-corrected chi connectivity index (χ2v) is 8.08. The minimum atomic E-state index is -4.50. The van der Waals surface area contributed by atoms with Gasteiger partial charge >= 0.3 is 7.82 Å². The van der Waals surface area contributed by atoms with Gasteiger partial charge < -0.3 is 9.79 Å². The zero-order chi connectivity index (χ0) is 16.1. The predicted molar refractivity (Wildman–Crippen MR) is 83.2 cm³/mol. The van der Waals surface area contributed by atoms with Gasteiger partial charge in [-0.05, 0) is 56.2 Å². The number of aryl methyl sites for hydroxylation is 1. The van der Waals surface area contributed by atoms with Crippen LogP contribution in [0.25, 0.3) is 0 Å². The number of phosphoric acid groups is 1. The standard InChI is InChI=1S/C16H25O4P/c1-11-7-6-8-13(12(11)2)14-9-10-16(5,15(14,3)4)20-21(17,18)19/h6-8,14H,9-10H2,1-5H3,(H2,17,18,19). The summed E-state index contributed by atoms with van der Waals surface area (Å²) in [7, 11) is -4.50. The van der Waals surface area contributed by atoms with Gasteiger partial charge in [0.05, 0.1) is 5.60 Å². The molecule has 4 nitrogen and oxygen atoms in total. The van der Waals surface area contributed by atoms with Crippen LogP contribution in [0.1, 0.15) is 56.2 Å². The minimum absolute atomic E-state index is 0.231. The molecule has 0 radical (unpaired) electrons. The van der Waals surface area contributed by atoms with Crippen LogP contribution in [-0.2, 0) is 9.09 Å². The first-order valence-electron chi connectivity index (χ1n) is 7.30. The van der Waals surface area contributed by atoms with Gasteiger partial charge in [-0.25, -0.2) is 4.57 Å². The van der Waals surface area contributed by atoms with E-state index in [0.717, 1.165) is 6.42 Å². The van der Waals surface area contributed by atoms with Crippen LogP contribution in [0.2, 0.25) is 0 Å². The van der Waals surface area contributed by atoms with Crippen LogP contribution < -0.4 is 0 Å². The number of benzene rings is 1. The quantitative estimate of drug-likeness (QED) is 0.825. The van der Waals surface area contributed by atoms with Gasteiger partial charge in [0.2, 0.25) is 0 Å². The van der Waals surface area contributed by atoms with E-state index in [1.807, 2.05) is 26.8 Å². The Morgan fingerprint density at radius 2 is 1.86 bits per heavy atom. The molecule has 2 N–H and O–H groups in total. The SMILES string of the molecule is Cc1cccc(C2CCC(C)(OP(=O)(O)O)C2(C)C)c1C. The van der Waals surface area contributed by atoms with Crippen LogP contribution in [0, 0.1) is 19.3 Å². The molecule has 1 saturated carbocycles. The van der Waals surface area contributed by atoms with Crippen molar-refractivity contribution < 1.29 is 18.9 Å². The van der Waals surface area contributed by atoms with Gasteiger partial charge in [-0.15, -0.1) is 0 Å². The minimum Gasteiger partial charge on any atom is -0.303 e. The topological polar surface area (TPSA) is 66.8 Å². The van der Waals surface area contributed by atoms with Gasteiger partial charge in [-0.3, -0.25) is 4.52 Å². The molecule has 0 bridgehead atoms. The van der Waals surface area contributed by atoms with Crippen molar-refractivity contribution in [1.29, 1.82) is 0 Å². The molecular formula is C16H25O4P. The van der Waals surface area contributed by atoms with E-state index in [9.17, 15) is 14.4 Å². The van der Waals surface area contributed by atoms with Gasteiger partial charge in [0.1, 0.15) is 0 Å². The van der Waals surface area contributed by atoms with E-state index in [4.69, 9.17) is 4.52 Å². The summed E-state index contributed by atoms with van der Waals surface area (Å²) in [4.78, 5) is 18.4. The molecule has 1 aromatic rings. The lowest BCUT2D eigenvalue weighted by molar-refractivity contribution is -0.0289. The summed E-state index contributed by atoms with van der Waals surface area (Å²) in [5, 5.41) is 0. The monoisotopic (exact) mass is 312 g/mol. The lowest BCUT2D eigenvalue weighted by Crippen LogP contribution is -2.41. The molecule has 118 valence electrons. The van der Waals surface area contributed by atoms with Crippen LogP contribution in [0.4, 0.5) is 0 Å². The Labute approximate surface area is 126 Å². The highest BCUT2D eigenvalue weighted by atomic mass is 31.2. The third kappa shape index (κ3) is 2.95. The summed E-state index contributed by atoms with van der Waals surface area (Å²) in [5.41, 5.74) is 2.58. The van der Waals surface area contributed by atoms with Crippen molar-refractivity contribution in [3.8, 4) is 0 Å². The first-order valence-corrected chi connectivity index (χ1v) is 8.83. The van der Waals surface area contributed by atoms with Gasteiger partial charge in [0.15, 0.2) is 0 Å². The molecule has 2 unspecified atom stereocenters. The molecule has 1 aliphatic carbocycles. The number of rotatable bonds is 3. The Bertz CT molecular complexity index is 590. The zero-order valence-electron chi connectivity index (χ0n) is 13.4. The molecular weight excluding hydrogens is 287 g/mol. The molecule has 0 aromatic heterocycles. The van der Waals surface area contributed by atoms with Gasteiger partial charge in [0.25, 0.3) is 0 Å². The van der Waals surface area contributed by atoms with Crippen molar-refractivity contribution in [2.24, 2.45) is 5.41 Å². The number of phosphoric ester groups is 1. The summed E-state index contributed by atoms with van der Waals surface area (Å²) >= 11 is 0. The van der Waals surface area contributed by atoms with Crippen LogP contribution >= 0.6 is 7.82 Å². The zero-order valence-corrected chi connectivity index (χ0v) is 14.3. The van der Waals surface area contributed by atoms with Crippen molar-refractivity contribution in [2.75, 3.05) is 0 Å². The summed E-state index contributed by atoms with van der Waals surface area (Å²) < 4.78 is 16.5. The second kappa shape index (κ2) is 5.20. The third-order valence-electron chi connectivity index (χ3n) is 5.49. The smallest absolute Gasteiger partial charge is 0.303 e. The van der Waals surface area contributed by atoms with Gasteiger partial charge in [-0.2, -0.15) is 0 Å². The van der Waals surface area contributed by atoms with Gasteiger partial charge in [-0.1, -0.05) is 32.0 Å². The van der Waals surface area contributed by atoms with Crippen molar-refractivity contribution in [2.45, 2.75) is 59.0 Å². The highest BCUT2D eigenvalue weighted by molar-refractivity contribution is 7.46. The average Bonchev–Trinajstić information content (AvgIpc) is 2.52. The maximum Gasteiger partial charge on any atom is 0.470 e. The summed E-state index contributed by atoms with van der Waals surface area (Å²) in [6.07, 6.45) is 1.51. The maximum absolute atomic E-state index is 11.3. The Hall–Kier alpha value is -0.670. The van der Waals surface area contributed by atoms with Crippen LogP contribution in [0.5, 0.6) is 0 Å². The summed E-state index contributed by atoms with van der Waals surface area (Å²) in [6.45, 7) is 10.1. The normalized spacial score (nSPS) is 28.8. The molecule has 2 rings (SSSR count). The van der Waals surface area contributed by atoms with E-state index in [1.165, 1.54) is 16.7 Å². The molecule has 1 fully saturated rings. The van der Waals surface area contributed by atoms with E-state index in [0.29, 0.717) is 6.42 Å². The molecule has 0 spiro atoms. The fourth-order valence-corrected chi connectivity index (χ4v) is 4.44. The van der Waals surface area contributed by atoms with E-state index in [2.05, 4.69) is 26.0 Å². The first kappa shape index (κ1) is 16.7. The number of hydrogen-bond donors (Lipinski definition) is 2. The second-order valence-electron chi connectivity index (χ2n) is 6.91. The van der Waals surface area contributed by atoms with E-state index in [1.54, 1.807) is 0 Å². The largest absolute Gasteiger partial charge is 0.470 e. The first-order chi connectivity index (χ1) is 9.48. The highest BCUT2D eigenvalue weighted by Gasteiger charge is 2.55. The average molecular weight is 312 g/mol. The molecule has 1 aliphatic rings. The Kier molecular flexibility index (Phi) is 4.14. The predicted octanol–water partition coefficient (Wildman–Crippen LogP) is 4.08. The van der Waals surface area contributed by atoms with Crippen LogP contribution in [-0.4, -0.2) is 15.4 Å². The maximum atomic E-state index is 11.3. The van der Waals surface area contributed by atoms with Crippen molar-refractivity contribution in [3.05, 3.63) is 34.9 Å². The fraction of sp³-hybridized carbons (Fsp3) is 0.625. The molecule has 5 heteroatoms. The highest BCUT2D eigenvalue weighted by Crippen LogP contribution is 2.61. The third-order valence-corrected chi connectivity index (χ3v) is 6.13. The van der Waals surface area contributed by atoms with E-state index >= 15 is 0 Å². The molecule has 0 amide bonds. The molecule has 0 saturated heterocycles. The number of hydrogen-bond acceptors (Lipinski definition) is 2. The Morgan fingerprint density at radius 3 is 2.43 bits per heavy atom. The van der Waals surface area contributed by atoms with Crippen LogP contribution in [0.3, 0.4) is 0 Å². The Morgan fingerprint density at radius 1 is 1.24 bits per heavy atom. The van der Waals surface area contributed by atoms with Crippen molar-refractivity contribution >= 4 is 7.82 Å². The fourth-order valence-electron chi connectivity index (χ4n) is 3.59. The summed E-state index contributed by atoms with van der Waals surface area (Å²) in [6, 6.07) is 6.26. The lowest BCUT2D eigenvalue weighted by Gasteiger charge is -2.41. The molecule has 1 aromatic carbocycles. The lowest BCUT2D eigenvalue weighted by atomic mass is 9.70. The molecule has 0 heterocycles. The van der Waals surface area contributed by atoms with Crippen LogP contribution in [0.15, 0.2) is 18.2 Å². The van der Waals surface area contributed by atoms with E-state index in [-0.39, 0.29) is 11.3 Å².